The highest BCUT2D eigenvalue weighted by atomic mass is 31.2. The van der Waals surface area contributed by atoms with Crippen molar-refractivity contribution in [2.45, 2.75) is 136 Å². The van der Waals surface area contributed by atoms with Gasteiger partial charge < -0.3 is 4.52 Å². The Balaban J connectivity index is 2.70. The number of rotatable bonds is 23. The number of para-hydroxylation sites is 1. The molecule has 0 aromatic heterocycles. The number of unbranched alkanes of at least 4 members (excludes halogenated alkanes) is 15. The molecule has 1 aromatic carbocycles. The maximum absolute atomic E-state index is 7.00. The molecule has 0 radical (unpaired) electrons. The van der Waals surface area contributed by atoms with Crippen molar-refractivity contribution >= 4 is 7.49 Å². The topological polar surface area (TPSA) is 9.23 Å². The summed E-state index contributed by atoms with van der Waals surface area (Å²) >= 11 is 0. The predicted octanol–water partition coefficient (Wildman–Crippen LogP) is 11.1. The number of benzene rings is 1. The summed E-state index contributed by atoms with van der Waals surface area (Å²) in [6, 6.07) is 10.8. The first-order chi connectivity index (χ1) is 15.8. The van der Waals surface area contributed by atoms with Crippen molar-refractivity contribution in [3.8, 4) is 5.75 Å². The fourth-order valence-electron chi connectivity index (χ4n) is 4.72. The van der Waals surface area contributed by atoms with Gasteiger partial charge in [-0.15, -0.1) is 0 Å². The second kappa shape index (κ2) is 21.0. The number of hydrogen-bond donors (Lipinski definition) is 0. The third kappa shape index (κ3) is 15.3. The van der Waals surface area contributed by atoms with Gasteiger partial charge in [-0.2, -0.15) is 0 Å². The Hall–Kier alpha value is -0.550. The van der Waals surface area contributed by atoms with Crippen LogP contribution in [0.3, 0.4) is 0 Å². The molecule has 0 unspecified atom stereocenters. The predicted molar refractivity (Wildman–Crippen MR) is 149 cm³/mol. The second-order valence-electron chi connectivity index (χ2n) is 9.94. The zero-order chi connectivity index (χ0) is 23.2. The lowest BCUT2D eigenvalue weighted by atomic mass is 10.1. The Morgan fingerprint density at radius 3 is 1.19 bits per heavy atom. The molecule has 2 heteroatoms. The third-order valence-electron chi connectivity index (χ3n) is 6.80. The zero-order valence-corrected chi connectivity index (χ0v) is 23.0. The quantitative estimate of drug-likeness (QED) is 0.116. The summed E-state index contributed by atoms with van der Waals surface area (Å²) in [6.07, 6.45) is 29.0. The highest BCUT2D eigenvalue weighted by Crippen LogP contribution is 2.61. The zero-order valence-electron chi connectivity index (χ0n) is 22.1. The first kappa shape index (κ1) is 29.5. The Kier molecular flexibility index (Phi) is 19.4. The van der Waals surface area contributed by atoms with Crippen LogP contribution in [0.4, 0.5) is 0 Å². The van der Waals surface area contributed by atoms with Gasteiger partial charge in [-0.1, -0.05) is 116 Å². The molecule has 0 fully saturated rings. The molecule has 0 aliphatic carbocycles. The Morgan fingerprint density at radius 1 is 0.469 bits per heavy atom. The van der Waals surface area contributed by atoms with E-state index in [1.165, 1.54) is 134 Å². The van der Waals surface area contributed by atoms with E-state index in [4.69, 9.17) is 4.52 Å². The molecular formula is C30H56OP+. The van der Waals surface area contributed by atoms with E-state index in [-0.39, 0.29) is 0 Å². The van der Waals surface area contributed by atoms with E-state index in [2.05, 4.69) is 51.1 Å². The van der Waals surface area contributed by atoms with Gasteiger partial charge in [0.05, 0.1) is 18.5 Å². The van der Waals surface area contributed by atoms with Gasteiger partial charge in [0.25, 0.3) is 0 Å². The van der Waals surface area contributed by atoms with Crippen LogP contribution >= 0.6 is 7.49 Å². The van der Waals surface area contributed by atoms with Crippen molar-refractivity contribution in [1.82, 2.24) is 0 Å². The maximum atomic E-state index is 7.00. The van der Waals surface area contributed by atoms with Gasteiger partial charge in [-0.25, -0.2) is 0 Å². The third-order valence-corrected chi connectivity index (χ3v) is 10.8. The summed E-state index contributed by atoms with van der Waals surface area (Å²) in [5.41, 5.74) is 0. The van der Waals surface area contributed by atoms with E-state index < -0.39 is 7.49 Å². The van der Waals surface area contributed by atoms with Crippen LogP contribution in [0.25, 0.3) is 0 Å². The molecule has 0 heterocycles. The molecule has 0 bridgehead atoms. The Morgan fingerprint density at radius 2 is 0.812 bits per heavy atom. The van der Waals surface area contributed by atoms with Crippen LogP contribution in [-0.4, -0.2) is 18.5 Å². The largest absolute Gasteiger partial charge is 0.351 e. The molecule has 186 valence electrons. The fourth-order valence-corrected chi connectivity index (χ4v) is 8.63. The van der Waals surface area contributed by atoms with Crippen LogP contribution in [0.2, 0.25) is 0 Å². The van der Waals surface area contributed by atoms with Gasteiger partial charge in [0.15, 0.2) is 13.2 Å². The minimum atomic E-state index is -1.38. The minimum absolute atomic E-state index is 1.13. The van der Waals surface area contributed by atoms with Gasteiger partial charge in [0, 0.05) is 0 Å². The maximum Gasteiger partial charge on any atom is 0.190 e. The molecule has 32 heavy (non-hydrogen) atoms. The Labute approximate surface area is 202 Å². The van der Waals surface area contributed by atoms with Crippen LogP contribution in [0.1, 0.15) is 136 Å². The molecular weight excluding hydrogens is 407 g/mol. The normalized spacial score (nSPS) is 11.7. The first-order valence-electron chi connectivity index (χ1n) is 14.4. The highest BCUT2D eigenvalue weighted by Gasteiger charge is 2.39. The molecule has 0 aliphatic heterocycles. The molecule has 0 saturated carbocycles. The van der Waals surface area contributed by atoms with Crippen LogP contribution in [0, 0.1) is 0 Å². The molecule has 1 nitrogen and oxygen atoms in total. The molecule has 0 amide bonds. The van der Waals surface area contributed by atoms with Crippen LogP contribution in [0.5, 0.6) is 5.75 Å². The van der Waals surface area contributed by atoms with E-state index in [9.17, 15) is 0 Å². The van der Waals surface area contributed by atoms with Gasteiger partial charge in [0.1, 0.15) is 0 Å². The van der Waals surface area contributed by atoms with E-state index in [0.717, 1.165) is 5.75 Å². The lowest BCUT2D eigenvalue weighted by molar-refractivity contribution is 0.557. The first-order valence-corrected chi connectivity index (χ1v) is 16.6. The molecule has 0 atom stereocenters. The average Bonchev–Trinajstić information content (AvgIpc) is 2.81. The lowest BCUT2D eigenvalue weighted by Gasteiger charge is -2.27. The molecule has 0 N–H and O–H groups in total. The summed E-state index contributed by atoms with van der Waals surface area (Å²) in [5.74, 6) is 1.13. The summed E-state index contributed by atoms with van der Waals surface area (Å²) in [5, 5.41) is 0. The summed E-state index contributed by atoms with van der Waals surface area (Å²) in [4.78, 5) is 0. The lowest BCUT2D eigenvalue weighted by Crippen LogP contribution is -2.15. The average molecular weight is 464 g/mol. The van der Waals surface area contributed by atoms with Crippen molar-refractivity contribution in [2.75, 3.05) is 18.5 Å². The SMILES string of the molecule is CCCCCCCC[P+](CCCCCCCC)(CCCCCCCC)Oc1ccccc1. The monoisotopic (exact) mass is 463 g/mol. The smallest absolute Gasteiger partial charge is 0.190 e. The van der Waals surface area contributed by atoms with Crippen molar-refractivity contribution in [3.63, 3.8) is 0 Å². The van der Waals surface area contributed by atoms with Crippen LogP contribution in [0.15, 0.2) is 30.3 Å². The van der Waals surface area contributed by atoms with E-state index in [1.54, 1.807) is 0 Å². The Bertz CT molecular complexity index is 460. The molecule has 1 rings (SSSR count). The van der Waals surface area contributed by atoms with Crippen molar-refractivity contribution in [2.24, 2.45) is 0 Å². The number of hydrogen-bond acceptors (Lipinski definition) is 1. The van der Waals surface area contributed by atoms with Gasteiger partial charge >= 0.3 is 0 Å². The standard InChI is InChI=1S/C30H56OP/c1-4-7-10-13-16-22-27-32(28-23-17-14-11-8-5-2,29-24-18-15-12-9-6-3)31-30-25-20-19-21-26-30/h19-21,25-26H,4-18,22-24,27-29H2,1-3H3/q+1. The molecule has 0 saturated heterocycles. The fraction of sp³-hybridized carbons (Fsp3) is 0.800. The van der Waals surface area contributed by atoms with Crippen molar-refractivity contribution in [1.29, 1.82) is 0 Å². The molecule has 0 aliphatic rings. The van der Waals surface area contributed by atoms with E-state index >= 15 is 0 Å². The summed E-state index contributed by atoms with van der Waals surface area (Å²) in [6.45, 7) is 6.93. The van der Waals surface area contributed by atoms with Gasteiger partial charge in [0.2, 0.25) is 0 Å². The van der Waals surface area contributed by atoms with E-state index in [1.807, 2.05) is 0 Å². The molecule has 0 spiro atoms. The van der Waals surface area contributed by atoms with Crippen molar-refractivity contribution in [3.05, 3.63) is 30.3 Å². The van der Waals surface area contributed by atoms with Gasteiger partial charge in [-0.3, -0.25) is 0 Å². The van der Waals surface area contributed by atoms with Crippen LogP contribution in [-0.2, 0) is 0 Å². The second-order valence-corrected chi connectivity index (χ2v) is 13.6. The summed E-state index contributed by atoms with van der Waals surface area (Å²) in [7, 11) is -1.38. The van der Waals surface area contributed by atoms with Gasteiger partial charge in [-0.05, 0) is 50.7 Å². The van der Waals surface area contributed by atoms with E-state index in [0.29, 0.717) is 0 Å². The minimum Gasteiger partial charge on any atom is -0.351 e. The molecule has 1 aromatic rings. The summed E-state index contributed by atoms with van der Waals surface area (Å²) < 4.78 is 7.00. The van der Waals surface area contributed by atoms with Crippen LogP contribution < -0.4 is 4.52 Å². The highest BCUT2D eigenvalue weighted by molar-refractivity contribution is 7.71. The van der Waals surface area contributed by atoms with Crippen molar-refractivity contribution < 1.29 is 4.52 Å².